The zero-order valence-electron chi connectivity index (χ0n) is 11.6. The van der Waals surface area contributed by atoms with Crippen molar-refractivity contribution in [3.8, 4) is 0 Å². The van der Waals surface area contributed by atoms with Crippen molar-refractivity contribution in [2.75, 3.05) is 19.8 Å². The normalized spacial score (nSPS) is 16.5. The van der Waals surface area contributed by atoms with Crippen molar-refractivity contribution >= 4 is 11.1 Å². The smallest absolute Gasteiger partial charge is 0.156 e. The molecule has 0 aromatic heterocycles. The van der Waals surface area contributed by atoms with E-state index in [0.717, 1.165) is 12.0 Å². The summed E-state index contributed by atoms with van der Waals surface area (Å²) in [6.07, 6.45) is 0.707. The Kier molecular flexibility index (Phi) is 6.54. The van der Waals surface area contributed by atoms with Gasteiger partial charge in [0.1, 0.15) is 6.10 Å². The molecule has 3 atom stereocenters. The second-order valence-electron chi connectivity index (χ2n) is 4.64. The molecule has 0 aliphatic rings. The lowest BCUT2D eigenvalue weighted by atomic mass is 10.0. The van der Waals surface area contributed by atoms with Crippen molar-refractivity contribution in [3.63, 3.8) is 0 Å². The molecule has 1 aromatic rings. The zero-order valence-corrected chi connectivity index (χ0v) is 12.4. The lowest BCUT2D eigenvalue weighted by Gasteiger charge is -2.28. The molecule has 0 heterocycles. The molecule has 0 saturated heterocycles. The predicted molar refractivity (Wildman–Crippen MR) is 76.7 cm³/mol. The van der Waals surface area contributed by atoms with Gasteiger partial charge in [-0.3, -0.25) is 4.18 Å². The first-order valence-corrected chi connectivity index (χ1v) is 7.57. The summed E-state index contributed by atoms with van der Waals surface area (Å²) in [6.45, 7) is 4.09. The number of benzene rings is 1. The molecule has 1 aromatic carbocycles. The van der Waals surface area contributed by atoms with Crippen LogP contribution in [0.15, 0.2) is 30.3 Å². The van der Waals surface area contributed by atoms with Gasteiger partial charge in [-0.25, -0.2) is 4.21 Å². The largest absolute Gasteiger partial charge is 0.304 e. The number of rotatable bonds is 7. The van der Waals surface area contributed by atoms with Crippen LogP contribution in [-0.2, 0) is 15.3 Å². The van der Waals surface area contributed by atoms with Gasteiger partial charge in [-0.2, -0.15) is 0 Å². The molecule has 0 saturated carbocycles. The Labute approximate surface area is 113 Å². The number of nitrogens with zero attached hydrogens (tertiary/aromatic N) is 1. The van der Waals surface area contributed by atoms with Gasteiger partial charge in [-0.05, 0) is 33.0 Å². The molecule has 0 aliphatic heterocycles. The van der Waals surface area contributed by atoms with E-state index >= 15 is 0 Å². The first kappa shape index (κ1) is 15.3. The topological polar surface area (TPSA) is 29.5 Å². The maximum absolute atomic E-state index is 11.8. The van der Waals surface area contributed by atoms with Gasteiger partial charge in [0, 0.05) is 11.8 Å². The molecule has 1 rings (SSSR count). The van der Waals surface area contributed by atoms with E-state index < -0.39 is 11.1 Å². The van der Waals surface area contributed by atoms with Crippen LogP contribution in [0.2, 0.25) is 0 Å². The summed E-state index contributed by atoms with van der Waals surface area (Å²) in [6, 6.07) is 10.2. The van der Waals surface area contributed by atoms with Gasteiger partial charge in [0.2, 0.25) is 0 Å². The Bertz CT molecular complexity index is 367. The van der Waals surface area contributed by atoms with E-state index in [0.29, 0.717) is 5.75 Å². The third-order valence-corrected chi connectivity index (χ3v) is 4.13. The molecule has 0 N–H and O–H groups in total. The van der Waals surface area contributed by atoms with E-state index in [-0.39, 0.29) is 12.1 Å². The molecule has 102 valence electrons. The molecule has 0 radical (unpaired) electrons. The summed E-state index contributed by atoms with van der Waals surface area (Å²) in [7, 11) is 4.01. The number of hydrogen-bond acceptors (Lipinski definition) is 3. The van der Waals surface area contributed by atoms with Gasteiger partial charge in [-0.1, -0.05) is 37.3 Å². The van der Waals surface area contributed by atoms with E-state index in [1.54, 1.807) is 0 Å². The summed E-state index contributed by atoms with van der Waals surface area (Å²) in [5, 5.41) is 0. The van der Waals surface area contributed by atoms with Crippen LogP contribution in [-0.4, -0.2) is 35.0 Å². The molecule has 4 heteroatoms. The molecule has 0 spiro atoms. The van der Waals surface area contributed by atoms with E-state index in [1.807, 2.05) is 51.4 Å². The van der Waals surface area contributed by atoms with Crippen LogP contribution in [0.1, 0.15) is 31.9 Å². The summed E-state index contributed by atoms with van der Waals surface area (Å²) in [4.78, 5) is 2.08. The predicted octanol–water partition coefficient (Wildman–Crippen LogP) is 2.77. The van der Waals surface area contributed by atoms with Gasteiger partial charge in [0.25, 0.3) is 0 Å². The van der Waals surface area contributed by atoms with Crippen LogP contribution in [0.4, 0.5) is 0 Å². The highest BCUT2D eigenvalue weighted by Crippen LogP contribution is 2.25. The first-order chi connectivity index (χ1) is 8.56. The van der Waals surface area contributed by atoms with Crippen LogP contribution < -0.4 is 0 Å². The zero-order chi connectivity index (χ0) is 13.5. The van der Waals surface area contributed by atoms with E-state index in [2.05, 4.69) is 11.8 Å². The SMILES string of the molecule is CCCS(=O)O[C@H](c1ccccc1)[C@H](C)N(C)C. The van der Waals surface area contributed by atoms with Crippen LogP contribution in [0.5, 0.6) is 0 Å². The Balaban J connectivity index is 2.85. The average molecular weight is 269 g/mol. The Morgan fingerprint density at radius 3 is 2.39 bits per heavy atom. The molecule has 0 amide bonds. The van der Waals surface area contributed by atoms with Gasteiger partial charge < -0.3 is 4.90 Å². The van der Waals surface area contributed by atoms with Gasteiger partial charge in [0.15, 0.2) is 11.1 Å². The fourth-order valence-corrected chi connectivity index (χ4v) is 2.59. The maximum atomic E-state index is 11.8. The van der Waals surface area contributed by atoms with E-state index in [9.17, 15) is 4.21 Å². The second kappa shape index (κ2) is 7.67. The molecule has 3 nitrogen and oxygen atoms in total. The van der Waals surface area contributed by atoms with Gasteiger partial charge >= 0.3 is 0 Å². The van der Waals surface area contributed by atoms with Crippen molar-refractivity contribution < 1.29 is 8.39 Å². The average Bonchev–Trinajstić information content (AvgIpc) is 2.36. The monoisotopic (exact) mass is 269 g/mol. The fourth-order valence-electron chi connectivity index (χ4n) is 1.66. The van der Waals surface area contributed by atoms with Crippen molar-refractivity contribution in [1.29, 1.82) is 0 Å². The third-order valence-electron chi connectivity index (χ3n) is 2.96. The van der Waals surface area contributed by atoms with Gasteiger partial charge in [-0.15, -0.1) is 0 Å². The summed E-state index contributed by atoms with van der Waals surface area (Å²) < 4.78 is 17.6. The molecule has 0 fully saturated rings. The molecule has 0 aliphatic carbocycles. The second-order valence-corrected chi connectivity index (χ2v) is 5.85. The lowest BCUT2D eigenvalue weighted by Crippen LogP contribution is -2.33. The minimum absolute atomic E-state index is 0.159. The highest BCUT2D eigenvalue weighted by atomic mass is 32.2. The Morgan fingerprint density at radius 1 is 1.28 bits per heavy atom. The number of hydrogen-bond donors (Lipinski definition) is 0. The van der Waals surface area contributed by atoms with Crippen LogP contribution in [0.25, 0.3) is 0 Å². The van der Waals surface area contributed by atoms with Crippen LogP contribution in [0, 0.1) is 0 Å². The number of likely N-dealkylation sites (N-methyl/N-ethyl adjacent to an activating group) is 1. The van der Waals surface area contributed by atoms with Crippen molar-refractivity contribution in [3.05, 3.63) is 35.9 Å². The van der Waals surface area contributed by atoms with Crippen molar-refractivity contribution in [2.24, 2.45) is 0 Å². The highest BCUT2D eigenvalue weighted by molar-refractivity contribution is 7.80. The van der Waals surface area contributed by atoms with E-state index in [4.69, 9.17) is 4.18 Å². The lowest BCUT2D eigenvalue weighted by molar-refractivity contribution is 0.121. The summed E-state index contributed by atoms with van der Waals surface area (Å²) >= 11 is -1.21. The minimum atomic E-state index is -1.21. The minimum Gasteiger partial charge on any atom is -0.304 e. The van der Waals surface area contributed by atoms with Crippen molar-refractivity contribution in [1.82, 2.24) is 4.90 Å². The Hall–Kier alpha value is -0.710. The van der Waals surface area contributed by atoms with Gasteiger partial charge in [0.05, 0.1) is 0 Å². The molecular formula is C14H23NO2S. The quantitative estimate of drug-likeness (QED) is 0.762. The van der Waals surface area contributed by atoms with Crippen LogP contribution >= 0.6 is 0 Å². The molecule has 1 unspecified atom stereocenters. The molecular weight excluding hydrogens is 246 g/mol. The maximum Gasteiger partial charge on any atom is 0.156 e. The molecule has 18 heavy (non-hydrogen) atoms. The third kappa shape index (κ3) is 4.52. The molecule has 0 bridgehead atoms. The highest BCUT2D eigenvalue weighted by Gasteiger charge is 2.24. The summed E-state index contributed by atoms with van der Waals surface area (Å²) in [5.74, 6) is 0.587. The fraction of sp³-hybridized carbons (Fsp3) is 0.571. The first-order valence-electron chi connectivity index (χ1n) is 6.33. The van der Waals surface area contributed by atoms with E-state index in [1.165, 1.54) is 0 Å². The standard InChI is InChI=1S/C14H23NO2S/c1-5-11-18(16)17-14(12(2)15(3)4)13-9-7-6-8-10-13/h6-10,12,14H,5,11H2,1-4H3/t12-,14-,18?/m0/s1. The Morgan fingerprint density at radius 2 is 1.89 bits per heavy atom. The van der Waals surface area contributed by atoms with Crippen LogP contribution in [0.3, 0.4) is 0 Å². The summed E-state index contributed by atoms with van der Waals surface area (Å²) in [5.41, 5.74) is 1.07. The van der Waals surface area contributed by atoms with Crippen molar-refractivity contribution in [2.45, 2.75) is 32.4 Å².